The van der Waals surface area contributed by atoms with Gasteiger partial charge in [-0.2, -0.15) is 35.1 Å². The Bertz CT molecular complexity index is 701. The van der Waals surface area contributed by atoms with E-state index >= 15 is 0 Å². The summed E-state index contributed by atoms with van der Waals surface area (Å²) < 4.78 is 106. The molecule has 0 aromatic heterocycles. The van der Waals surface area contributed by atoms with Crippen molar-refractivity contribution in [1.82, 2.24) is 0 Å². The maximum Gasteiger partial charge on any atom is 0.420 e. The highest BCUT2D eigenvalue weighted by molar-refractivity contribution is 5.71. The number of rotatable bonds is 3. The van der Waals surface area contributed by atoms with Crippen molar-refractivity contribution in [3.05, 3.63) is 53.6 Å². The molecule has 0 spiro atoms. The third-order valence-electron chi connectivity index (χ3n) is 3.05. The van der Waals surface area contributed by atoms with E-state index in [2.05, 4.69) is 4.74 Å². The van der Waals surface area contributed by atoms with Crippen molar-refractivity contribution in [1.29, 1.82) is 0 Å². The number of ether oxygens (including phenoxy) is 1. The van der Waals surface area contributed by atoms with Crippen LogP contribution in [0.2, 0.25) is 0 Å². The summed E-state index contributed by atoms with van der Waals surface area (Å²) in [4.78, 5) is 0. The minimum atomic E-state index is -5.04. The molecule has 0 saturated heterocycles. The second-order valence-corrected chi connectivity index (χ2v) is 4.63. The molecule has 0 heterocycles. The molecule has 0 unspecified atom stereocenters. The minimum Gasteiger partial charge on any atom is -0.434 e. The summed E-state index contributed by atoms with van der Waals surface area (Å²) in [5.74, 6) is -1.10. The molecule has 0 atom stereocenters. The average molecular weight is 356 g/mol. The maximum atomic E-state index is 13.2. The summed E-state index contributed by atoms with van der Waals surface area (Å²) in [5.41, 5.74) is -3.30. The van der Waals surface area contributed by atoms with Gasteiger partial charge in [0.05, 0.1) is 5.56 Å². The molecule has 0 aliphatic heterocycles. The van der Waals surface area contributed by atoms with Gasteiger partial charge in [-0.3, -0.25) is 0 Å². The molecule has 2 aromatic rings. The van der Waals surface area contributed by atoms with E-state index in [1.165, 1.54) is 0 Å². The molecular formula is C15H8F8O. The lowest BCUT2D eigenvalue weighted by Gasteiger charge is -2.18. The molecule has 1 nitrogen and oxygen atoms in total. The zero-order chi connectivity index (χ0) is 18.1. The van der Waals surface area contributed by atoms with Crippen molar-refractivity contribution < 1.29 is 39.9 Å². The van der Waals surface area contributed by atoms with Gasteiger partial charge < -0.3 is 4.74 Å². The van der Waals surface area contributed by atoms with Gasteiger partial charge in [0, 0.05) is 0 Å². The molecule has 0 amide bonds. The second-order valence-electron chi connectivity index (χ2n) is 4.63. The van der Waals surface area contributed by atoms with Crippen molar-refractivity contribution in [2.24, 2.45) is 0 Å². The summed E-state index contributed by atoms with van der Waals surface area (Å²) in [7, 11) is 0. The summed E-state index contributed by atoms with van der Waals surface area (Å²) >= 11 is 0. The van der Waals surface area contributed by atoms with Gasteiger partial charge in [-0.05, 0) is 29.3 Å². The van der Waals surface area contributed by atoms with Crippen LogP contribution in [0.4, 0.5) is 35.1 Å². The van der Waals surface area contributed by atoms with Crippen LogP contribution in [0.25, 0.3) is 11.1 Å². The van der Waals surface area contributed by atoms with Crippen molar-refractivity contribution in [3.63, 3.8) is 0 Å². The predicted octanol–water partition coefficient (Wildman–Crippen LogP) is 5.99. The number of alkyl halides is 8. The van der Waals surface area contributed by atoms with Crippen molar-refractivity contribution in [3.8, 4) is 16.9 Å². The van der Waals surface area contributed by atoms with Gasteiger partial charge in [0.15, 0.2) is 0 Å². The average Bonchev–Trinajstić information content (AvgIpc) is 2.44. The van der Waals surface area contributed by atoms with Crippen LogP contribution >= 0.6 is 0 Å². The Morgan fingerprint density at radius 2 is 1.33 bits per heavy atom. The summed E-state index contributed by atoms with van der Waals surface area (Å²) in [6.07, 6.45) is -9.68. The molecule has 130 valence electrons. The fraction of sp³-hybridized carbons (Fsp3) is 0.200. The largest absolute Gasteiger partial charge is 0.434 e. The molecule has 0 saturated carbocycles. The number of benzene rings is 2. The molecule has 0 aliphatic rings. The van der Waals surface area contributed by atoms with Crippen LogP contribution in [0.5, 0.6) is 5.75 Å². The molecule has 0 bridgehead atoms. The first-order valence-corrected chi connectivity index (χ1v) is 6.33. The van der Waals surface area contributed by atoms with E-state index in [4.69, 9.17) is 0 Å². The van der Waals surface area contributed by atoms with E-state index in [-0.39, 0.29) is 5.56 Å². The number of hydrogen-bond acceptors (Lipinski definition) is 1. The van der Waals surface area contributed by atoms with Crippen LogP contribution < -0.4 is 4.74 Å². The highest BCUT2D eigenvalue weighted by Crippen LogP contribution is 2.43. The Balaban J connectivity index is 2.58. The zero-order valence-electron chi connectivity index (χ0n) is 11.6. The third-order valence-corrected chi connectivity index (χ3v) is 3.05. The first-order chi connectivity index (χ1) is 11.0. The molecule has 9 heteroatoms. The van der Waals surface area contributed by atoms with Crippen LogP contribution in [0.3, 0.4) is 0 Å². The Morgan fingerprint density at radius 1 is 0.750 bits per heavy atom. The van der Waals surface area contributed by atoms with Crippen LogP contribution in [0.15, 0.2) is 42.5 Å². The Kier molecular flexibility index (Phi) is 4.73. The standard InChI is InChI=1S/C15H8F8O/c16-13(17)24-11-3-1-2-10(12(11)15(21,22)23)8-4-6-9(7-5-8)14(18,19)20/h1-7,13H. The molecule has 24 heavy (non-hydrogen) atoms. The SMILES string of the molecule is FC(F)Oc1cccc(-c2ccc(C(F)(F)F)cc2)c1C(F)(F)F. The third kappa shape index (κ3) is 3.95. The molecule has 0 N–H and O–H groups in total. The fourth-order valence-corrected chi connectivity index (χ4v) is 2.10. The molecule has 2 rings (SSSR count). The monoisotopic (exact) mass is 356 g/mol. The van der Waals surface area contributed by atoms with Gasteiger partial charge >= 0.3 is 19.0 Å². The molecular weight excluding hydrogens is 348 g/mol. The molecule has 0 fully saturated rings. The van der Waals surface area contributed by atoms with Crippen LogP contribution in [0, 0.1) is 0 Å². The lowest BCUT2D eigenvalue weighted by molar-refractivity contribution is -0.141. The Labute approximate surface area is 130 Å². The van der Waals surface area contributed by atoms with Crippen LogP contribution in [0.1, 0.15) is 11.1 Å². The van der Waals surface area contributed by atoms with Gasteiger partial charge in [-0.1, -0.05) is 24.3 Å². The highest BCUT2D eigenvalue weighted by atomic mass is 19.4. The number of hydrogen-bond donors (Lipinski definition) is 0. The van der Waals surface area contributed by atoms with Crippen molar-refractivity contribution in [2.75, 3.05) is 0 Å². The normalized spacial score (nSPS) is 12.5. The molecule has 2 aromatic carbocycles. The van der Waals surface area contributed by atoms with E-state index in [1.807, 2.05) is 0 Å². The van der Waals surface area contributed by atoms with E-state index in [1.54, 1.807) is 0 Å². The lowest BCUT2D eigenvalue weighted by atomic mass is 9.97. The lowest BCUT2D eigenvalue weighted by Crippen LogP contribution is -2.13. The summed E-state index contributed by atoms with van der Waals surface area (Å²) in [6.45, 7) is -3.48. The van der Waals surface area contributed by atoms with E-state index in [0.29, 0.717) is 18.2 Å². The van der Waals surface area contributed by atoms with Crippen LogP contribution in [-0.4, -0.2) is 6.61 Å². The summed E-state index contributed by atoms with van der Waals surface area (Å²) in [5, 5.41) is 0. The van der Waals surface area contributed by atoms with Crippen molar-refractivity contribution in [2.45, 2.75) is 19.0 Å². The smallest absolute Gasteiger partial charge is 0.420 e. The van der Waals surface area contributed by atoms with Gasteiger partial charge in [0.2, 0.25) is 0 Å². The van der Waals surface area contributed by atoms with E-state index < -0.39 is 41.4 Å². The van der Waals surface area contributed by atoms with Gasteiger partial charge in [-0.15, -0.1) is 0 Å². The van der Waals surface area contributed by atoms with Gasteiger partial charge in [0.25, 0.3) is 0 Å². The zero-order valence-corrected chi connectivity index (χ0v) is 11.6. The molecule has 0 radical (unpaired) electrons. The first-order valence-electron chi connectivity index (χ1n) is 6.33. The predicted molar refractivity (Wildman–Crippen MR) is 68.5 cm³/mol. The summed E-state index contributed by atoms with van der Waals surface area (Å²) in [6, 6.07) is 5.59. The first kappa shape index (κ1) is 18.0. The topological polar surface area (TPSA) is 9.23 Å². The van der Waals surface area contributed by atoms with E-state index in [9.17, 15) is 35.1 Å². The Morgan fingerprint density at radius 3 is 1.79 bits per heavy atom. The minimum absolute atomic E-state index is 0.213. The van der Waals surface area contributed by atoms with Crippen molar-refractivity contribution >= 4 is 0 Å². The maximum absolute atomic E-state index is 13.2. The second kappa shape index (κ2) is 6.29. The van der Waals surface area contributed by atoms with Crippen LogP contribution in [-0.2, 0) is 12.4 Å². The van der Waals surface area contributed by atoms with E-state index in [0.717, 1.165) is 24.3 Å². The highest BCUT2D eigenvalue weighted by Gasteiger charge is 2.38. The Hall–Kier alpha value is -2.32. The van der Waals surface area contributed by atoms with Gasteiger partial charge in [0.1, 0.15) is 11.3 Å². The quantitative estimate of drug-likeness (QED) is 0.614. The molecule has 0 aliphatic carbocycles. The van der Waals surface area contributed by atoms with Gasteiger partial charge in [-0.25, -0.2) is 0 Å². The number of halogens is 8. The fourth-order valence-electron chi connectivity index (χ4n) is 2.10.